The lowest BCUT2D eigenvalue weighted by Gasteiger charge is -2.26. The van der Waals surface area contributed by atoms with Gasteiger partial charge in [-0.15, -0.1) is 0 Å². The van der Waals surface area contributed by atoms with Crippen molar-refractivity contribution in [2.24, 2.45) is 0 Å². The Morgan fingerprint density at radius 1 is 1.20 bits per heavy atom. The SMILES string of the molecule is CCN1CCOc2c(NCC(=O)N(CCN(C)C)Cc3ncccc3C(F)(F)F)cccc2C1=O. The van der Waals surface area contributed by atoms with Crippen molar-refractivity contribution >= 4 is 17.5 Å². The molecule has 1 aromatic carbocycles. The van der Waals surface area contributed by atoms with Crippen molar-refractivity contribution in [3.8, 4) is 5.75 Å². The van der Waals surface area contributed by atoms with Gasteiger partial charge in [0.15, 0.2) is 5.75 Å². The number of ether oxygens (including phenoxy) is 1. The van der Waals surface area contributed by atoms with E-state index in [-0.39, 0.29) is 31.2 Å². The second-order valence-corrected chi connectivity index (χ2v) is 8.38. The van der Waals surface area contributed by atoms with Crippen LogP contribution in [0.25, 0.3) is 0 Å². The minimum absolute atomic E-state index is 0.155. The molecule has 0 atom stereocenters. The van der Waals surface area contributed by atoms with Gasteiger partial charge >= 0.3 is 6.18 Å². The van der Waals surface area contributed by atoms with Crippen LogP contribution in [0.4, 0.5) is 18.9 Å². The molecular formula is C24H30F3N5O3. The molecule has 0 unspecified atom stereocenters. The molecule has 1 aliphatic heterocycles. The summed E-state index contributed by atoms with van der Waals surface area (Å²) >= 11 is 0. The summed E-state index contributed by atoms with van der Waals surface area (Å²) < 4.78 is 46.2. The molecule has 0 spiro atoms. The molecule has 0 radical (unpaired) electrons. The molecule has 0 aliphatic carbocycles. The molecule has 2 aromatic rings. The minimum atomic E-state index is -4.57. The maximum atomic E-state index is 13.5. The van der Waals surface area contributed by atoms with Crippen LogP contribution in [0.1, 0.15) is 28.5 Å². The molecule has 1 N–H and O–H groups in total. The van der Waals surface area contributed by atoms with E-state index in [0.717, 1.165) is 6.07 Å². The lowest BCUT2D eigenvalue weighted by atomic mass is 10.1. The molecule has 2 heterocycles. The summed E-state index contributed by atoms with van der Waals surface area (Å²) in [6, 6.07) is 7.25. The molecule has 1 aliphatic rings. The normalized spacial score (nSPS) is 13.8. The van der Waals surface area contributed by atoms with E-state index in [0.29, 0.717) is 43.2 Å². The van der Waals surface area contributed by atoms with Gasteiger partial charge in [0.2, 0.25) is 5.91 Å². The zero-order valence-corrected chi connectivity index (χ0v) is 20.1. The third kappa shape index (κ3) is 6.62. The molecule has 2 amide bonds. The number of anilines is 1. The Labute approximate surface area is 202 Å². The van der Waals surface area contributed by atoms with E-state index in [9.17, 15) is 22.8 Å². The number of nitrogens with one attached hydrogen (secondary N) is 1. The van der Waals surface area contributed by atoms with Gasteiger partial charge in [-0.25, -0.2) is 0 Å². The first-order chi connectivity index (χ1) is 16.6. The number of likely N-dealkylation sites (N-methyl/N-ethyl adjacent to an activating group) is 2. The molecule has 3 rings (SSSR count). The maximum Gasteiger partial charge on any atom is 0.418 e. The minimum Gasteiger partial charge on any atom is -0.489 e. The number of nitrogens with zero attached hydrogens (tertiary/aromatic N) is 4. The van der Waals surface area contributed by atoms with Crippen molar-refractivity contribution in [3.63, 3.8) is 0 Å². The summed E-state index contributed by atoms with van der Waals surface area (Å²) in [6.07, 6.45) is -3.29. The van der Waals surface area contributed by atoms with E-state index in [1.54, 1.807) is 23.1 Å². The third-order valence-electron chi connectivity index (χ3n) is 5.66. The molecular weight excluding hydrogens is 463 g/mol. The van der Waals surface area contributed by atoms with Gasteiger partial charge in [0, 0.05) is 25.8 Å². The van der Waals surface area contributed by atoms with E-state index >= 15 is 0 Å². The molecule has 35 heavy (non-hydrogen) atoms. The van der Waals surface area contributed by atoms with Gasteiger partial charge in [0.1, 0.15) is 6.61 Å². The number of hydrogen-bond acceptors (Lipinski definition) is 6. The van der Waals surface area contributed by atoms with Gasteiger partial charge in [-0.1, -0.05) is 6.07 Å². The quantitative estimate of drug-likeness (QED) is 0.579. The second kappa shape index (κ2) is 11.4. The number of alkyl halides is 3. The van der Waals surface area contributed by atoms with Crippen molar-refractivity contribution in [2.45, 2.75) is 19.6 Å². The lowest BCUT2D eigenvalue weighted by Crippen LogP contribution is -2.40. The Hall–Kier alpha value is -3.34. The zero-order valence-electron chi connectivity index (χ0n) is 20.1. The number of halogens is 3. The van der Waals surface area contributed by atoms with Crippen molar-refractivity contribution in [1.82, 2.24) is 19.7 Å². The summed E-state index contributed by atoms with van der Waals surface area (Å²) in [5.74, 6) is -0.194. The smallest absolute Gasteiger partial charge is 0.418 e. The van der Waals surface area contributed by atoms with Crippen LogP contribution >= 0.6 is 0 Å². The fraction of sp³-hybridized carbons (Fsp3) is 0.458. The number of aromatic nitrogens is 1. The summed E-state index contributed by atoms with van der Waals surface area (Å²) in [6.45, 7) is 3.41. The predicted octanol–water partition coefficient (Wildman–Crippen LogP) is 2.96. The molecule has 0 saturated carbocycles. The average Bonchev–Trinajstić information content (AvgIpc) is 2.98. The number of carbonyl (C=O) groups is 2. The third-order valence-corrected chi connectivity index (χ3v) is 5.66. The highest BCUT2D eigenvalue weighted by molar-refractivity contribution is 5.99. The predicted molar refractivity (Wildman–Crippen MR) is 125 cm³/mol. The molecule has 11 heteroatoms. The van der Waals surface area contributed by atoms with E-state index in [1.807, 2.05) is 25.9 Å². The van der Waals surface area contributed by atoms with Crippen LogP contribution in [-0.4, -0.2) is 84.9 Å². The fourth-order valence-corrected chi connectivity index (χ4v) is 3.73. The van der Waals surface area contributed by atoms with Crippen molar-refractivity contribution < 1.29 is 27.5 Å². The summed E-state index contributed by atoms with van der Waals surface area (Å²) in [4.78, 5) is 34.6. The van der Waals surface area contributed by atoms with E-state index < -0.39 is 17.6 Å². The standard InChI is InChI=1S/C24H30F3N5O3/c1-4-31-13-14-35-22-17(23(31)34)7-5-9-19(22)29-15-21(33)32(12-11-30(2)3)16-20-18(24(25,26)27)8-6-10-28-20/h5-10,29H,4,11-16H2,1-3H3. The lowest BCUT2D eigenvalue weighted by molar-refractivity contribution is -0.140. The number of amides is 2. The summed E-state index contributed by atoms with van der Waals surface area (Å²) in [7, 11) is 3.63. The van der Waals surface area contributed by atoms with Gasteiger partial charge in [-0.2, -0.15) is 13.2 Å². The monoisotopic (exact) mass is 493 g/mol. The van der Waals surface area contributed by atoms with Crippen LogP contribution in [0.15, 0.2) is 36.5 Å². The number of rotatable bonds is 9. The van der Waals surface area contributed by atoms with Crippen LogP contribution in [0.2, 0.25) is 0 Å². The maximum absolute atomic E-state index is 13.5. The molecule has 8 nitrogen and oxygen atoms in total. The van der Waals surface area contributed by atoms with Crippen LogP contribution in [-0.2, 0) is 17.5 Å². The molecule has 190 valence electrons. The van der Waals surface area contributed by atoms with Gasteiger partial charge in [0.05, 0.1) is 42.1 Å². The Morgan fingerprint density at radius 2 is 1.97 bits per heavy atom. The Balaban J connectivity index is 1.79. The van der Waals surface area contributed by atoms with Gasteiger partial charge in [-0.3, -0.25) is 14.6 Å². The first-order valence-corrected chi connectivity index (χ1v) is 11.3. The first-order valence-electron chi connectivity index (χ1n) is 11.3. The van der Waals surface area contributed by atoms with Crippen LogP contribution in [0.5, 0.6) is 5.75 Å². The Kier molecular flexibility index (Phi) is 8.55. The number of benzene rings is 1. The van der Waals surface area contributed by atoms with E-state index in [4.69, 9.17) is 4.74 Å². The van der Waals surface area contributed by atoms with Crippen molar-refractivity contribution in [1.29, 1.82) is 0 Å². The molecule has 0 bridgehead atoms. The highest BCUT2D eigenvalue weighted by Crippen LogP contribution is 2.33. The number of para-hydroxylation sites is 1. The van der Waals surface area contributed by atoms with E-state index in [2.05, 4.69) is 10.3 Å². The number of hydrogen-bond donors (Lipinski definition) is 1. The fourth-order valence-electron chi connectivity index (χ4n) is 3.73. The average molecular weight is 494 g/mol. The van der Waals surface area contributed by atoms with Gasteiger partial charge in [0.25, 0.3) is 5.91 Å². The van der Waals surface area contributed by atoms with Gasteiger partial charge < -0.3 is 24.8 Å². The highest BCUT2D eigenvalue weighted by atomic mass is 19.4. The van der Waals surface area contributed by atoms with Crippen LogP contribution < -0.4 is 10.1 Å². The van der Waals surface area contributed by atoms with Gasteiger partial charge in [-0.05, 0) is 45.3 Å². The first kappa shape index (κ1) is 26.3. The van der Waals surface area contributed by atoms with Crippen LogP contribution in [0, 0.1) is 0 Å². The summed E-state index contributed by atoms with van der Waals surface area (Å²) in [5.41, 5.74) is -0.205. The zero-order chi connectivity index (χ0) is 25.6. The molecule has 0 fully saturated rings. The molecule has 1 aromatic heterocycles. The Morgan fingerprint density at radius 3 is 2.66 bits per heavy atom. The molecule has 0 saturated heterocycles. The highest BCUT2D eigenvalue weighted by Gasteiger charge is 2.34. The van der Waals surface area contributed by atoms with Crippen LogP contribution in [0.3, 0.4) is 0 Å². The van der Waals surface area contributed by atoms with Crippen molar-refractivity contribution in [2.75, 3.05) is 58.7 Å². The number of pyridine rings is 1. The second-order valence-electron chi connectivity index (χ2n) is 8.38. The number of carbonyl (C=O) groups excluding carboxylic acids is 2. The Bertz CT molecular complexity index is 1050. The largest absolute Gasteiger partial charge is 0.489 e. The van der Waals surface area contributed by atoms with E-state index in [1.165, 1.54) is 17.2 Å². The topological polar surface area (TPSA) is 78.0 Å². The number of fused-ring (bicyclic) bond motifs is 1. The van der Waals surface area contributed by atoms with Crippen molar-refractivity contribution in [3.05, 3.63) is 53.3 Å². The summed E-state index contributed by atoms with van der Waals surface area (Å²) in [5, 5.41) is 3.01.